The minimum Gasteiger partial charge on any atom is -0.496 e. The van der Waals surface area contributed by atoms with E-state index < -0.39 is 10.0 Å². The van der Waals surface area contributed by atoms with E-state index in [0.717, 1.165) is 11.1 Å². The zero-order chi connectivity index (χ0) is 16.3. The lowest BCUT2D eigenvalue weighted by molar-refractivity contribution is 0.411. The van der Waals surface area contributed by atoms with Crippen LogP contribution in [0.25, 0.3) is 0 Å². The SMILES string of the molecule is COc1ccc(NS(=O)(=O)c2ccc(OC)c(C)c2)cc1C. The fourth-order valence-electron chi connectivity index (χ4n) is 2.17. The maximum Gasteiger partial charge on any atom is 0.261 e. The van der Waals surface area contributed by atoms with Crippen molar-refractivity contribution in [2.24, 2.45) is 0 Å². The highest BCUT2D eigenvalue weighted by molar-refractivity contribution is 7.92. The van der Waals surface area contributed by atoms with Crippen molar-refractivity contribution in [1.82, 2.24) is 0 Å². The molecule has 0 unspecified atom stereocenters. The van der Waals surface area contributed by atoms with Gasteiger partial charge in [-0.3, -0.25) is 4.72 Å². The molecule has 5 nitrogen and oxygen atoms in total. The summed E-state index contributed by atoms with van der Waals surface area (Å²) >= 11 is 0. The summed E-state index contributed by atoms with van der Waals surface area (Å²) in [4.78, 5) is 0.194. The van der Waals surface area contributed by atoms with E-state index in [1.165, 1.54) is 6.07 Å². The van der Waals surface area contributed by atoms with E-state index in [4.69, 9.17) is 9.47 Å². The van der Waals surface area contributed by atoms with Gasteiger partial charge >= 0.3 is 0 Å². The smallest absolute Gasteiger partial charge is 0.261 e. The molecule has 0 fully saturated rings. The number of anilines is 1. The molecule has 0 amide bonds. The standard InChI is InChI=1S/C16H19NO4S/c1-11-9-13(5-7-15(11)20-3)17-22(18,19)14-6-8-16(21-4)12(2)10-14/h5-10,17H,1-4H3. The zero-order valence-electron chi connectivity index (χ0n) is 13.0. The van der Waals surface area contributed by atoms with Crippen LogP contribution in [0.15, 0.2) is 41.3 Å². The van der Waals surface area contributed by atoms with Gasteiger partial charge in [-0.25, -0.2) is 8.42 Å². The molecule has 22 heavy (non-hydrogen) atoms. The van der Waals surface area contributed by atoms with Crippen molar-refractivity contribution >= 4 is 15.7 Å². The van der Waals surface area contributed by atoms with Crippen LogP contribution >= 0.6 is 0 Å². The van der Waals surface area contributed by atoms with Gasteiger partial charge in [-0.2, -0.15) is 0 Å². The average Bonchev–Trinajstić information content (AvgIpc) is 2.47. The third kappa shape index (κ3) is 3.33. The third-order valence-corrected chi connectivity index (χ3v) is 4.70. The van der Waals surface area contributed by atoms with Crippen LogP contribution in [0.3, 0.4) is 0 Å². The maximum atomic E-state index is 12.4. The number of hydrogen-bond donors (Lipinski definition) is 1. The Labute approximate surface area is 130 Å². The molecule has 0 aliphatic heterocycles. The van der Waals surface area contributed by atoms with Crippen LogP contribution in [0.2, 0.25) is 0 Å². The number of nitrogens with one attached hydrogen (secondary N) is 1. The van der Waals surface area contributed by atoms with Crippen LogP contribution in [0.1, 0.15) is 11.1 Å². The predicted octanol–water partition coefficient (Wildman–Crippen LogP) is 3.12. The Morgan fingerprint density at radius 3 is 1.91 bits per heavy atom. The van der Waals surface area contributed by atoms with E-state index in [0.29, 0.717) is 17.2 Å². The molecule has 1 N–H and O–H groups in total. The van der Waals surface area contributed by atoms with E-state index >= 15 is 0 Å². The summed E-state index contributed by atoms with van der Waals surface area (Å²) < 4.78 is 37.7. The summed E-state index contributed by atoms with van der Waals surface area (Å²) in [5, 5.41) is 0. The van der Waals surface area contributed by atoms with E-state index in [-0.39, 0.29) is 4.90 Å². The van der Waals surface area contributed by atoms with Gasteiger partial charge in [0.15, 0.2) is 0 Å². The number of ether oxygens (including phenoxy) is 2. The van der Waals surface area contributed by atoms with Crippen molar-refractivity contribution in [2.75, 3.05) is 18.9 Å². The van der Waals surface area contributed by atoms with Crippen molar-refractivity contribution < 1.29 is 17.9 Å². The van der Waals surface area contributed by atoms with Crippen LogP contribution < -0.4 is 14.2 Å². The van der Waals surface area contributed by atoms with Gasteiger partial charge in [-0.05, 0) is 61.4 Å². The van der Waals surface area contributed by atoms with Gasteiger partial charge in [0.2, 0.25) is 0 Å². The van der Waals surface area contributed by atoms with Crippen molar-refractivity contribution in [2.45, 2.75) is 18.7 Å². The average molecular weight is 321 g/mol. The van der Waals surface area contributed by atoms with Gasteiger partial charge in [0.1, 0.15) is 11.5 Å². The second-order valence-electron chi connectivity index (χ2n) is 4.92. The minimum absolute atomic E-state index is 0.194. The summed E-state index contributed by atoms with van der Waals surface area (Å²) in [6, 6.07) is 9.87. The van der Waals surface area contributed by atoms with E-state index in [1.807, 2.05) is 6.92 Å². The van der Waals surface area contributed by atoms with E-state index in [9.17, 15) is 8.42 Å². The van der Waals surface area contributed by atoms with Crippen LogP contribution in [0.4, 0.5) is 5.69 Å². The van der Waals surface area contributed by atoms with Gasteiger partial charge in [0, 0.05) is 5.69 Å². The molecule has 118 valence electrons. The Morgan fingerprint density at radius 2 is 1.41 bits per heavy atom. The molecule has 0 atom stereocenters. The fraction of sp³-hybridized carbons (Fsp3) is 0.250. The quantitative estimate of drug-likeness (QED) is 0.919. The molecule has 6 heteroatoms. The molecule has 0 saturated heterocycles. The largest absolute Gasteiger partial charge is 0.496 e. The first-order valence-electron chi connectivity index (χ1n) is 6.69. The Bertz CT molecular complexity index is 785. The number of hydrogen-bond acceptors (Lipinski definition) is 4. The monoisotopic (exact) mass is 321 g/mol. The zero-order valence-corrected chi connectivity index (χ0v) is 13.8. The predicted molar refractivity (Wildman–Crippen MR) is 86.3 cm³/mol. The molecule has 0 aromatic heterocycles. The van der Waals surface area contributed by atoms with Gasteiger partial charge in [0.05, 0.1) is 19.1 Å². The molecule has 0 aliphatic carbocycles. The summed E-state index contributed by atoms with van der Waals surface area (Å²) in [7, 11) is -0.517. The van der Waals surface area contributed by atoms with Crippen molar-refractivity contribution in [3.05, 3.63) is 47.5 Å². The summed E-state index contributed by atoms with van der Waals surface area (Å²) in [5.74, 6) is 1.36. The Kier molecular flexibility index (Phi) is 4.61. The van der Waals surface area contributed by atoms with Crippen LogP contribution in [0, 0.1) is 13.8 Å². The lowest BCUT2D eigenvalue weighted by atomic mass is 10.2. The minimum atomic E-state index is -3.64. The molecule has 2 aromatic carbocycles. The van der Waals surface area contributed by atoms with Crippen molar-refractivity contribution in [3.8, 4) is 11.5 Å². The van der Waals surface area contributed by atoms with Crippen molar-refractivity contribution in [3.63, 3.8) is 0 Å². The van der Waals surface area contributed by atoms with Gasteiger partial charge in [0.25, 0.3) is 10.0 Å². The van der Waals surface area contributed by atoms with Gasteiger partial charge in [-0.1, -0.05) is 0 Å². The molecule has 0 aliphatic rings. The highest BCUT2D eigenvalue weighted by Crippen LogP contribution is 2.25. The third-order valence-electron chi connectivity index (χ3n) is 3.32. The first-order chi connectivity index (χ1) is 10.4. The van der Waals surface area contributed by atoms with Gasteiger partial charge in [-0.15, -0.1) is 0 Å². The molecule has 0 spiro atoms. The van der Waals surface area contributed by atoms with E-state index in [1.54, 1.807) is 51.5 Å². The number of rotatable bonds is 5. The maximum absolute atomic E-state index is 12.4. The highest BCUT2D eigenvalue weighted by Gasteiger charge is 2.16. The van der Waals surface area contributed by atoms with Gasteiger partial charge < -0.3 is 9.47 Å². The lowest BCUT2D eigenvalue weighted by Crippen LogP contribution is -2.13. The second kappa shape index (κ2) is 6.27. The van der Waals surface area contributed by atoms with Crippen LogP contribution in [-0.4, -0.2) is 22.6 Å². The number of sulfonamides is 1. The number of benzene rings is 2. The Hall–Kier alpha value is -2.21. The van der Waals surface area contributed by atoms with E-state index in [2.05, 4.69) is 4.72 Å². The summed E-state index contributed by atoms with van der Waals surface area (Å²) in [5.41, 5.74) is 2.11. The highest BCUT2D eigenvalue weighted by atomic mass is 32.2. The molecule has 0 radical (unpaired) electrons. The molecular weight excluding hydrogens is 302 g/mol. The lowest BCUT2D eigenvalue weighted by Gasteiger charge is -2.12. The molecule has 0 heterocycles. The molecule has 0 bridgehead atoms. The first-order valence-corrected chi connectivity index (χ1v) is 8.18. The Morgan fingerprint density at radius 1 is 0.864 bits per heavy atom. The first kappa shape index (κ1) is 16.2. The van der Waals surface area contributed by atoms with Crippen molar-refractivity contribution in [1.29, 1.82) is 0 Å². The second-order valence-corrected chi connectivity index (χ2v) is 6.60. The topological polar surface area (TPSA) is 64.6 Å². The summed E-state index contributed by atoms with van der Waals surface area (Å²) in [6.45, 7) is 3.66. The molecule has 2 aromatic rings. The molecule has 2 rings (SSSR count). The number of aryl methyl sites for hydroxylation is 2. The van der Waals surface area contributed by atoms with Crippen LogP contribution in [-0.2, 0) is 10.0 Å². The normalized spacial score (nSPS) is 11.1. The number of methoxy groups -OCH3 is 2. The molecule has 0 saturated carbocycles. The molecular formula is C16H19NO4S. The Balaban J connectivity index is 2.31. The fourth-order valence-corrected chi connectivity index (χ4v) is 3.31. The summed E-state index contributed by atoms with van der Waals surface area (Å²) in [6.07, 6.45) is 0. The van der Waals surface area contributed by atoms with Crippen LogP contribution in [0.5, 0.6) is 11.5 Å².